The van der Waals surface area contributed by atoms with Gasteiger partial charge in [0, 0.05) is 6.04 Å². The highest BCUT2D eigenvalue weighted by Gasteiger charge is 2.34. The minimum atomic E-state index is -4.53. The number of hydrogen-bond acceptors (Lipinski definition) is 3. The Morgan fingerprint density at radius 1 is 1.19 bits per heavy atom. The van der Waals surface area contributed by atoms with Crippen molar-refractivity contribution in [3.8, 4) is 0 Å². The van der Waals surface area contributed by atoms with Crippen LogP contribution in [0.1, 0.15) is 31.2 Å². The number of carbonyl (C=O) groups is 1. The molecule has 0 unspecified atom stereocenters. The van der Waals surface area contributed by atoms with Crippen molar-refractivity contribution in [1.82, 2.24) is 0 Å². The predicted octanol–water partition coefficient (Wildman–Crippen LogP) is 3.52. The maximum Gasteiger partial charge on any atom is 0.418 e. The first-order valence-electron chi connectivity index (χ1n) is 6.75. The topological polar surface area (TPSA) is 64.3 Å². The van der Waals surface area contributed by atoms with Gasteiger partial charge in [-0.1, -0.05) is 12.1 Å². The van der Waals surface area contributed by atoms with Gasteiger partial charge >= 0.3 is 12.3 Å². The third-order valence-electron chi connectivity index (χ3n) is 3.46. The number of ether oxygens (including phenoxy) is 1. The zero-order valence-electron chi connectivity index (χ0n) is 11.3. The van der Waals surface area contributed by atoms with Gasteiger partial charge in [0.2, 0.25) is 0 Å². The molecule has 1 aliphatic rings. The van der Waals surface area contributed by atoms with Crippen molar-refractivity contribution < 1.29 is 22.7 Å². The van der Waals surface area contributed by atoms with Crippen molar-refractivity contribution in [3.05, 3.63) is 29.8 Å². The zero-order valence-corrected chi connectivity index (χ0v) is 11.3. The molecule has 0 spiro atoms. The van der Waals surface area contributed by atoms with Gasteiger partial charge in [0.1, 0.15) is 6.10 Å². The molecule has 1 aromatic rings. The van der Waals surface area contributed by atoms with Gasteiger partial charge in [-0.05, 0) is 37.8 Å². The number of nitrogens with two attached hydrogens (primary N) is 1. The van der Waals surface area contributed by atoms with Gasteiger partial charge in [-0.15, -0.1) is 0 Å². The third-order valence-corrected chi connectivity index (χ3v) is 3.46. The number of benzene rings is 1. The average molecular weight is 302 g/mol. The van der Waals surface area contributed by atoms with E-state index in [0.29, 0.717) is 12.8 Å². The number of halogens is 3. The lowest BCUT2D eigenvalue weighted by Gasteiger charge is -2.26. The Labute approximate surface area is 120 Å². The molecule has 1 amide bonds. The summed E-state index contributed by atoms with van der Waals surface area (Å²) in [6.07, 6.45) is -2.92. The van der Waals surface area contributed by atoms with Gasteiger partial charge in [0.05, 0.1) is 11.3 Å². The molecule has 0 aliphatic heterocycles. The Kier molecular flexibility index (Phi) is 4.72. The summed E-state index contributed by atoms with van der Waals surface area (Å²) in [5.41, 5.74) is 4.54. The van der Waals surface area contributed by atoms with Gasteiger partial charge in [-0.3, -0.25) is 5.32 Å². The standard InChI is InChI=1S/C14H17F3N2O2/c15-14(16,17)11-3-1-2-4-12(11)19-13(20)21-10-7-5-9(18)6-8-10/h1-4,9-10H,5-8,18H2,(H,19,20). The molecule has 0 bridgehead atoms. The largest absolute Gasteiger partial charge is 0.446 e. The Morgan fingerprint density at radius 2 is 1.81 bits per heavy atom. The fourth-order valence-corrected chi connectivity index (χ4v) is 2.34. The molecule has 0 aromatic heterocycles. The fraction of sp³-hybridized carbons (Fsp3) is 0.500. The predicted molar refractivity (Wildman–Crippen MR) is 71.8 cm³/mol. The summed E-state index contributed by atoms with van der Waals surface area (Å²) in [6.45, 7) is 0. The molecule has 1 saturated carbocycles. The number of rotatable bonds is 2. The second kappa shape index (κ2) is 6.34. The van der Waals surface area contributed by atoms with E-state index in [1.807, 2.05) is 0 Å². The van der Waals surface area contributed by atoms with Crippen molar-refractivity contribution in [2.24, 2.45) is 5.73 Å². The average Bonchev–Trinajstić information content (AvgIpc) is 2.41. The van der Waals surface area contributed by atoms with E-state index in [1.54, 1.807) is 0 Å². The molecule has 1 aromatic carbocycles. The summed E-state index contributed by atoms with van der Waals surface area (Å²) in [6, 6.07) is 4.90. The van der Waals surface area contributed by atoms with Gasteiger partial charge in [-0.2, -0.15) is 13.2 Å². The second-order valence-corrected chi connectivity index (χ2v) is 5.11. The Hall–Kier alpha value is -1.76. The van der Waals surface area contributed by atoms with E-state index >= 15 is 0 Å². The first kappa shape index (κ1) is 15.6. The number of carbonyl (C=O) groups excluding carboxylic acids is 1. The van der Waals surface area contributed by atoms with Crippen LogP contribution in [0.2, 0.25) is 0 Å². The highest BCUT2D eigenvalue weighted by Crippen LogP contribution is 2.34. The van der Waals surface area contributed by atoms with Crippen LogP contribution in [0.15, 0.2) is 24.3 Å². The van der Waals surface area contributed by atoms with Crippen LogP contribution in [0.3, 0.4) is 0 Å². The van der Waals surface area contributed by atoms with E-state index in [1.165, 1.54) is 18.2 Å². The third kappa shape index (κ3) is 4.35. The highest BCUT2D eigenvalue weighted by molar-refractivity contribution is 5.85. The van der Waals surface area contributed by atoms with Crippen molar-refractivity contribution in [2.75, 3.05) is 5.32 Å². The van der Waals surface area contributed by atoms with E-state index in [0.717, 1.165) is 18.9 Å². The first-order valence-corrected chi connectivity index (χ1v) is 6.75. The van der Waals surface area contributed by atoms with E-state index < -0.39 is 17.8 Å². The molecule has 0 atom stereocenters. The van der Waals surface area contributed by atoms with Crippen LogP contribution in [0.4, 0.5) is 23.7 Å². The van der Waals surface area contributed by atoms with Crippen LogP contribution in [0.5, 0.6) is 0 Å². The lowest BCUT2D eigenvalue weighted by Crippen LogP contribution is -2.32. The minimum absolute atomic E-state index is 0.110. The molecule has 0 radical (unpaired) electrons. The monoisotopic (exact) mass is 302 g/mol. The molecule has 116 valence electrons. The van der Waals surface area contributed by atoms with Gasteiger partial charge in [-0.25, -0.2) is 4.79 Å². The van der Waals surface area contributed by atoms with Crippen LogP contribution >= 0.6 is 0 Å². The van der Waals surface area contributed by atoms with E-state index in [2.05, 4.69) is 5.32 Å². The number of nitrogens with one attached hydrogen (secondary N) is 1. The molecule has 7 heteroatoms. The summed E-state index contributed by atoms with van der Waals surface area (Å²) >= 11 is 0. The van der Waals surface area contributed by atoms with Crippen LogP contribution in [-0.4, -0.2) is 18.2 Å². The van der Waals surface area contributed by atoms with E-state index in [9.17, 15) is 18.0 Å². The molecule has 0 saturated heterocycles. The summed E-state index contributed by atoms with van der Waals surface area (Å²) in [7, 11) is 0. The maximum atomic E-state index is 12.8. The van der Waals surface area contributed by atoms with E-state index in [4.69, 9.17) is 10.5 Å². The first-order chi connectivity index (χ1) is 9.86. The van der Waals surface area contributed by atoms with Crippen LogP contribution < -0.4 is 11.1 Å². The van der Waals surface area contributed by atoms with Gasteiger partial charge in [0.15, 0.2) is 0 Å². The Balaban J connectivity index is 1.97. The normalized spacial score (nSPS) is 22.7. The second-order valence-electron chi connectivity index (χ2n) is 5.11. The van der Waals surface area contributed by atoms with Crippen molar-refractivity contribution in [3.63, 3.8) is 0 Å². The molecule has 21 heavy (non-hydrogen) atoms. The maximum absolute atomic E-state index is 12.8. The van der Waals surface area contributed by atoms with Crippen LogP contribution in [0, 0.1) is 0 Å². The molecular weight excluding hydrogens is 285 g/mol. The number of amides is 1. The fourth-order valence-electron chi connectivity index (χ4n) is 2.34. The number of para-hydroxylation sites is 1. The quantitative estimate of drug-likeness (QED) is 0.878. The summed E-state index contributed by atoms with van der Waals surface area (Å²) < 4.78 is 43.5. The summed E-state index contributed by atoms with van der Waals surface area (Å²) in [5, 5.41) is 2.16. The van der Waals surface area contributed by atoms with Crippen LogP contribution in [0.25, 0.3) is 0 Å². The van der Waals surface area contributed by atoms with E-state index in [-0.39, 0.29) is 17.8 Å². The molecule has 1 aliphatic carbocycles. The Bertz CT molecular complexity index is 497. The zero-order chi connectivity index (χ0) is 15.5. The lowest BCUT2D eigenvalue weighted by atomic mass is 9.94. The lowest BCUT2D eigenvalue weighted by molar-refractivity contribution is -0.136. The molecule has 4 nitrogen and oxygen atoms in total. The SMILES string of the molecule is NC1CCC(OC(=O)Nc2ccccc2C(F)(F)F)CC1. The molecule has 0 heterocycles. The molecule has 3 N–H and O–H groups in total. The number of alkyl halides is 3. The van der Waals surface area contributed by atoms with Crippen molar-refractivity contribution >= 4 is 11.8 Å². The Morgan fingerprint density at radius 3 is 2.43 bits per heavy atom. The highest BCUT2D eigenvalue weighted by atomic mass is 19.4. The number of hydrogen-bond donors (Lipinski definition) is 2. The number of anilines is 1. The summed E-state index contributed by atoms with van der Waals surface area (Å²) in [4.78, 5) is 11.7. The minimum Gasteiger partial charge on any atom is -0.446 e. The van der Waals surface area contributed by atoms with Gasteiger partial charge < -0.3 is 10.5 Å². The molecule has 1 fully saturated rings. The van der Waals surface area contributed by atoms with Crippen LogP contribution in [-0.2, 0) is 10.9 Å². The molecule has 2 rings (SSSR count). The molecular formula is C14H17F3N2O2. The van der Waals surface area contributed by atoms with Crippen molar-refractivity contribution in [2.45, 2.75) is 44.0 Å². The summed E-state index contributed by atoms with van der Waals surface area (Å²) in [5.74, 6) is 0. The smallest absolute Gasteiger partial charge is 0.418 e. The van der Waals surface area contributed by atoms with Gasteiger partial charge in [0.25, 0.3) is 0 Å². The van der Waals surface area contributed by atoms with Crippen molar-refractivity contribution in [1.29, 1.82) is 0 Å².